The van der Waals surface area contributed by atoms with Crippen molar-refractivity contribution in [1.29, 1.82) is 0 Å². The van der Waals surface area contributed by atoms with Gasteiger partial charge >= 0.3 is 5.97 Å². The van der Waals surface area contributed by atoms with E-state index in [0.29, 0.717) is 45.0 Å². The molecule has 39 heavy (non-hydrogen) atoms. The zero-order chi connectivity index (χ0) is 28.3. The van der Waals surface area contributed by atoms with Crippen molar-refractivity contribution in [3.05, 3.63) is 47.5 Å². The Morgan fingerprint density at radius 3 is 2.44 bits per heavy atom. The molecule has 2 fully saturated rings. The molecule has 10 heteroatoms. The van der Waals surface area contributed by atoms with Crippen molar-refractivity contribution < 1.29 is 32.5 Å². The average Bonchev–Trinajstić information content (AvgIpc) is 2.91. The molecule has 2 saturated heterocycles. The van der Waals surface area contributed by atoms with Crippen LogP contribution in [0.3, 0.4) is 0 Å². The topological polar surface area (TPSA) is 115 Å². The Kier molecular flexibility index (Phi) is 9.00. The molecule has 0 atom stereocenters. The maximum atomic E-state index is 13.4. The lowest BCUT2D eigenvalue weighted by atomic mass is 9.88. The summed E-state index contributed by atoms with van der Waals surface area (Å²) in [5.74, 6) is -0.531. The van der Waals surface area contributed by atoms with Crippen LogP contribution >= 0.6 is 0 Å². The number of piperidine rings is 1. The first-order valence-corrected chi connectivity index (χ1v) is 15.0. The first-order chi connectivity index (χ1) is 18.4. The molecule has 0 saturated carbocycles. The molecule has 2 aromatic rings. The maximum absolute atomic E-state index is 13.4. The number of sulfonamides is 1. The Labute approximate surface area is 231 Å². The molecule has 1 aromatic carbocycles. The first-order valence-electron chi connectivity index (χ1n) is 13.6. The number of carboxylic acid groups (broad SMARTS) is 1. The molecule has 0 amide bonds. The quantitative estimate of drug-likeness (QED) is 0.449. The van der Waals surface area contributed by atoms with Gasteiger partial charge < -0.3 is 19.3 Å². The third-order valence-electron chi connectivity index (χ3n) is 7.57. The van der Waals surface area contributed by atoms with Gasteiger partial charge in [0.1, 0.15) is 6.61 Å². The summed E-state index contributed by atoms with van der Waals surface area (Å²) in [6.07, 6.45) is 1.25. The highest BCUT2D eigenvalue weighted by Gasteiger charge is 2.54. The van der Waals surface area contributed by atoms with E-state index in [9.17, 15) is 18.3 Å². The summed E-state index contributed by atoms with van der Waals surface area (Å²) in [5, 5.41) is 9.86. The van der Waals surface area contributed by atoms with E-state index in [0.717, 1.165) is 22.4 Å². The van der Waals surface area contributed by atoms with Gasteiger partial charge in [-0.05, 0) is 63.6 Å². The summed E-state index contributed by atoms with van der Waals surface area (Å²) >= 11 is 0. The van der Waals surface area contributed by atoms with Crippen molar-refractivity contribution in [2.24, 2.45) is 0 Å². The molecular formula is C29H40N2O7S. The van der Waals surface area contributed by atoms with E-state index in [1.54, 1.807) is 0 Å². The number of rotatable bonds is 9. The highest BCUT2D eigenvalue weighted by molar-refractivity contribution is 7.91. The fraction of sp³-hybridized carbons (Fsp3) is 0.586. The Hall–Kier alpha value is -2.53. The first kappa shape index (κ1) is 29.5. The van der Waals surface area contributed by atoms with E-state index in [-0.39, 0.29) is 37.6 Å². The molecule has 0 spiro atoms. The van der Waals surface area contributed by atoms with Gasteiger partial charge in [-0.3, -0.25) is 4.79 Å². The standard InChI is InChI=1S/C29H40N2O7S/c1-21-20-23(8-9-24(21)25-6-5-7-26(30-25)37-18-19-38-28(2,3)4)22-10-14-31(15-11-22)39(34,35)29(27(32)33)12-16-36-17-13-29/h5-9,20,22H,10-19H2,1-4H3,(H,32,33). The Balaban J connectivity index is 1.40. The van der Waals surface area contributed by atoms with Crippen molar-refractivity contribution in [3.8, 4) is 17.1 Å². The van der Waals surface area contributed by atoms with E-state index < -0.39 is 20.7 Å². The van der Waals surface area contributed by atoms with Gasteiger partial charge in [0.05, 0.1) is 17.9 Å². The minimum atomic E-state index is -4.00. The minimum absolute atomic E-state index is 0.0176. The van der Waals surface area contributed by atoms with Gasteiger partial charge in [-0.15, -0.1) is 0 Å². The van der Waals surface area contributed by atoms with Crippen LogP contribution in [0.15, 0.2) is 36.4 Å². The second-order valence-corrected chi connectivity index (χ2v) is 13.6. The molecule has 214 valence electrons. The van der Waals surface area contributed by atoms with Gasteiger partial charge in [0, 0.05) is 50.8 Å². The number of pyridine rings is 1. The van der Waals surface area contributed by atoms with Gasteiger partial charge in [-0.25, -0.2) is 17.7 Å². The van der Waals surface area contributed by atoms with Crippen LogP contribution in [0.4, 0.5) is 0 Å². The predicted octanol–water partition coefficient (Wildman–Crippen LogP) is 4.39. The number of ether oxygens (including phenoxy) is 3. The van der Waals surface area contributed by atoms with Crippen LogP contribution in [0, 0.1) is 6.92 Å². The molecule has 0 unspecified atom stereocenters. The third kappa shape index (κ3) is 6.62. The van der Waals surface area contributed by atoms with Crippen LogP contribution in [0.25, 0.3) is 11.3 Å². The van der Waals surface area contributed by atoms with Crippen molar-refractivity contribution in [3.63, 3.8) is 0 Å². The summed E-state index contributed by atoms with van der Waals surface area (Å²) in [4.78, 5) is 16.8. The normalized spacial score (nSPS) is 19.1. The Morgan fingerprint density at radius 1 is 1.13 bits per heavy atom. The number of hydrogen-bond donors (Lipinski definition) is 1. The molecule has 1 aromatic heterocycles. The second kappa shape index (κ2) is 11.9. The van der Waals surface area contributed by atoms with E-state index in [1.165, 1.54) is 4.31 Å². The zero-order valence-corrected chi connectivity index (χ0v) is 24.1. The smallest absolute Gasteiger partial charge is 0.326 e. The highest BCUT2D eigenvalue weighted by atomic mass is 32.2. The summed E-state index contributed by atoms with van der Waals surface area (Å²) in [6, 6.07) is 12.0. The molecular weight excluding hydrogens is 520 g/mol. The molecule has 2 aliphatic rings. The number of benzene rings is 1. The SMILES string of the molecule is Cc1cc(C2CCN(S(=O)(=O)C3(C(=O)O)CCOCC3)CC2)ccc1-c1cccc(OCCOC(C)(C)C)n1. The van der Waals surface area contributed by atoms with E-state index in [1.807, 2.05) is 45.9 Å². The van der Waals surface area contributed by atoms with Crippen molar-refractivity contribution in [2.45, 2.75) is 69.6 Å². The molecule has 0 bridgehead atoms. The van der Waals surface area contributed by atoms with Crippen molar-refractivity contribution >= 4 is 16.0 Å². The van der Waals surface area contributed by atoms with Gasteiger partial charge in [-0.1, -0.05) is 24.3 Å². The Morgan fingerprint density at radius 2 is 1.82 bits per heavy atom. The van der Waals surface area contributed by atoms with Crippen LogP contribution in [0.5, 0.6) is 5.88 Å². The molecule has 0 radical (unpaired) electrons. The van der Waals surface area contributed by atoms with E-state index in [4.69, 9.17) is 14.2 Å². The highest BCUT2D eigenvalue weighted by Crippen LogP contribution is 2.37. The van der Waals surface area contributed by atoms with E-state index in [2.05, 4.69) is 23.2 Å². The maximum Gasteiger partial charge on any atom is 0.326 e. The van der Waals surface area contributed by atoms with Crippen LogP contribution < -0.4 is 4.74 Å². The number of carbonyl (C=O) groups is 1. The fourth-order valence-corrected chi connectivity index (χ4v) is 7.42. The van der Waals surface area contributed by atoms with Gasteiger partial charge in [-0.2, -0.15) is 0 Å². The average molecular weight is 561 g/mol. The van der Waals surface area contributed by atoms with Gasteiger partial charge in [0.15, 0.2) is 4.75 Å². The second-order valence-electron chi connectivity index (χ2n) is 11.3. The summed E-state index contributed by atoms with van der Waals surface area (Å²) < 4.78 is 43.2. The predicted molar refractivity (Wildman–Crippen MR) is 148 cm³/mol. The number of nitrogens with zero attached hydrogens (tertiary/aromatic N) is 2. The fourth-order valence-electron chi connectivity index (χ4n) is 5.33. The number of carboxylic acids is 1. The zero-order valence-electron chi connectivity index (χ0n) is 23.3. The number of aryl methyl sites for hydroxylation is 1. The van der Waals surface area contributed by atoms with Crippen LogP contribution in [-0.2, 0) is 24.3 Å². The summed E-state index contributed by atoms with van der Waals surface area (Å²) in [7, 11) is -4.00. The van der Waals surface area contributed by atoms with Gasteiger partial charge in [0.2, 0.25) is 15.9 Å². The molecule has 1 N–H and O–H groups in total. The van der Waals surface area contributed by atoms with Crippen LogP contribution in [-0.4, -0.2) is 78.6 Å². The van der Waals surface area contributed by atoms with Crippen molar-refractivity contribution in [2.75, 3.05) is 39.5 Å². The Bertz CT molecular complexity index is 1260. The molecule has 4 rings (SSSR count). The molecule has 3 heterocycles. The molecule has 2 aliphatic heterocycles. The van der Waals surface area contributed by atoms with Crippen LogP contribution in [0.1, 0.15) is 63.5 Å². The third-order valence-corrected chi connectivity index (χ3v) is 10.2. The molecule has 9 nitrogen and oxygen atoms in total. The number of hydrogen-bond acceptors (Lipinski definition) is 7. The lowest BCUT2D eigenvalue weighted by Crippen LogP contribution is -2.57. The lowest BCUT2D eigenvalue weighted by Gasteiger charge is -2.39. The minimum Gasteiger partial charge on any atom is -0.480 e. The van der Waals surface area contributed by atoms with Gasteiger partial charge in [0.25, 0.3) is 0 Å². The number of aliphatic carboxylic acids is 1. The van der Waals surface area contributed by atoms with E-state index >= 15 is 0 Å². The van der Waals surface area contributed by atoms with Crippen molar-refractivity contribution in [1.82, 2.24) is 9.29 Å². The monoisotopic (exact) mass is 560 g/mol. The number of aromatic nitrogens is 1. The lowest BCUT2D eigenvalue weighted by molar-refractivity contribution is -0.142. The van der Waals surface area contributed by atoms with Crippen LogP contribution in [0.2, 0.25) is 0 Å². The summed E-state index contributed by atoms with van der Waals surface area (Å²) in [5.41, 5.74) is 3.85. The summed E-state index contributed by atoms with van der Waals surface area (Å²) in [6.45, 7) is 9.87. The molecule has 0 aliphatic carbocycles. The largest absolute Gasteiger partial charge is 0.480 e.